The van der Waals surface area contributed by atoms with E-state index in [9.17, 15) is 75.0 Å². The third-order valence-corrected chi connectivity index (χ3v) is 12.2. The van der Waals surface area contributed by atoms with Gasteiger partial charge in [0.2, 0.25) is 23.3 Å². The number of rotatable bonds is 21. The summed E-state index contributed by atoms with van der Waals surface area (Å²) in [6.07, 6.45) is -14.0. The number of nitrogens with one attached hydrogen (secondary N) is 3. The van der Waals surface area contributed by atoms with Gasteiger partial charge in [-0.1, -0.05) is 5.16 Å². The van der Waals surface area contributed by atoms with Crippen molar-refractivity contribution in [3.8, 4) is 0 Å². The van der Waals surface area contributed by atoms with Crippen molar-refractivity contribution in [1.29, 1.82) is 0 Å². The van der Waals surface area contributed by atoms with Gasteiger partial charge in [-0.05, 0) is 13.8 Å². The number of urea groups is 1. The van der Waals surface area contributed by atoms with E-state index in [1.165, 1.54) is 36.5 Å². The van der Waals surface area contributed by atoms with E-state index in [0.29, 0.717) is 11.5 Å². The molecule has 11 atom stereocenters. The molecule has 3 aliphatic heterocycles. The average molecular weight is 992 g/mol. The number of aromatic nitrogens is 4. The molecule has 9 unspecified atom stereocenters. The number of hydrogen-bond acceptors (Lipinski definition) is 24. The van der Waals surface area contributed by atoms with Crippen LogP contribution in [0.3, 0.4) is 0 Å². The third-order valence-electron chi connectivity index (χ3n) is 10.4. The fraction of sp³-hybridized carbons (Fsp3) is 0.600. The number of nitrogens with zero attached hydrogens (tertiary/aromatic N) is 7. The summed E-state index contributed by atoms with van der Waals surface area (Å²) in [6.45, 7) is 0.141. The molecule has 2 fully saturated rings. The van der Waals surface area contributed by atoms with E-state index in [1.807, 2.05) is 0 Å². The van der Waals surface area contributed by atoms with Gasteiger partial charge in [0.1, 0.15) is 65.9 Å². The van der Waals surface area contributed by atoms with Crippen LogP contribution < -0.4 is 32.1 Å². The number of aliphatic hydroxyl groups is 8. The molecular formula is C35H51N12O18S2+. The van der Waals surface area contributed by atoms with Crippen molar-refractivity contribution in [2.75, 3.05) is 48.8 Å². The fourth-order valence-electron chi connectivity index (χ4n) is 6.49. The molecule has 2 aromatic rings. The molecule has 0 saturated carbocycles. The monoisotopic (exact) mass is 991 g/mol. The van der Waals surface area contributed by atoms with Gasteiger partial charge in [-0.25, -0.2) is 14.4 Å². The number of carbonyl (C=O) groups is 5. The minimum atomic E-state index is -2.01. The van der Waals surface area contributed by atoms with E-state index in [-0.39, 0.29) is 59.1 Å². The maximum absolute atomic E-state index is 13.5. The highest BCUT2D eigenvalue weighted by Crippen LogP contribution is 2.40. The van der Waals surface area contributed by atoms with E-state index in [2.05, 4.69) is 35.5 Å². The Morgan fingerprint density at radius 1 is 1.12 bits per heavy atom. The number of nitrogens with two attached hydrogens (primary N) is 2. The fourth-order valence-corrected chi connectivity index (χ4v) is 8.26. The van der Waals surface area contributed by atoms with Crippen LogP contribution in [0.15, 0.2) is 27.6 Å². The average Bonchev–Trinajstić information content (AvgIpc) is 3.83. The molecule has 67 heavy (non-hydrogen) atoms. The number of hydrogen-bond donors (Lipinski definition) is 15. The van der Waals surface area contributed by atoms with Crippen LogP contribution in [0.4, 0.5) is 21.4 Å². The first-order valence-corrected chi connectivity index (χ1v) is 21.7. The summed E-state index contributed by atoms with van der Waals surface area (Å²) in [7, 11) is 1.53. The smallest absolute Gasteiger partial charge is 0.352 e. The SMILES string of the molecule is Cn1c(N)c(NC(=O)NCCN=CC(O)C(O)C(OC2OC(CO)C(O)C(O)C2O)C(O)CO)c[n+]1CC1=C(C(=O)O)N2C(=O)[C@@H](NC(=O)/C(=N\OC(C)(C)C(=O)O)c3nsc(N)n3)[C@H]2SC1. The Hall–Kier alpha value is -5.65. The first kappa shape index (κ1) is 52.3. The molecule has 0 aromatic carbocycles. The van der Waals surface area contributed by atoms with Crippen molar-refractivity contribution in [3.05, 3.63) is 23.3 Å². The Labute approximate surface area is 386 Å². The molecule has 370 valence electrons. The second-order valence-electron chi connectivity index (χ2n) is 15.4. The largest absolute Gasteiger partial charge is 0.478 e. The highest BCUT2D eigenvalue weighted by molar-refractivity contribution is 8.00. The van der Waals surface area contributed by atoms with Crippen molar-refractivity contribution in [1.82, 2.24) is 29.6 Å². The van der Waals surface area contributed by atoms with Gasteiger partial charge in [-0.15, -0.1) is 21.1 Å². The Morgan fingerprint density at radius 3 is 2.43 bits per heavy atom. The number of carbonyl (C=O) groups excluding carboxylic acids is 3. The number of nitrogen functional groups attached to an aromatic ring is 2. The summed E-state index contributed by atoms with van der Waals surface area (Å²) in [5.74, 6) is -4.86. The summed E-state index contributed by atoms with van der Waals surface area (Å²) in [4.78, 5) is 77.7. The number of thioether (sulfide) groups is 1. The van der Waals surface area contributed by atoms with E-state index >= 15 is 0 Å². The van der Waals surface area contributed by atoms with Gasteiger partial charge in [-0.3, -0.25) is 24.8 Å². The highest BCUT2D eigenvalue weighted by Gasteiger charge is 2.55. The zero-order chi connectivity index (χ0) is 49.7. The van der Waals surface area contributed by atoms with Crippen LogP contribution in [-0.2, 0) is 47.1 Å². The number of carboxylic acids is 2. The van der Waals surface area contributed by atoms with Crippen LogP contribution in [-0.4, -0.2) is 216 Å². The van der Waals surface area contributed by atoms with Crippen molar-refractivity contribution in [2.45, 2.75) is 92.5 Å². The normalized spacial score (nSPS) is 25.2. The quantitative estimate of drug-likeness (QED) is 0.0182. The zero-order valence-corrected chi connectivity index (χ0v) is 37.2. The summed E-state index contributed by atoms with van der Waals surface area (Å²) in [6, 6.07) is -2.01. The van der Waals surface area contributed by atoms with Gasteiger partial charge in [-0.2, -0.15) is 9.36 Å². The number of anilines is 3. The maximum Gasteiger partial charge on any atom is 0.352 e. The van der Waals surface area contributed by atoms with Crippen LogP contribution >= 0.6 is 23.3 Å². The number of carboxylic acid groups (broad SMARTS) is 2. The van der Waals surface area contributed by atoms with Gasteiger partial charge in [0.25, 0.3) is 11.8 Å². The summed E-state index contributed by atoms with van der Waals surface area (Å²) in [5, 5.41) is 111. The zero-order valence-electron chi connectivity index (χ0n) is 35.6. The number of aliphatic carboxylic acids is 2. The molecule has 3 aliphatic rings. The molecule has 5 heterocycles. The first-order chi connectivity index (χ1) is 31.5. The number of β-lactam (4-membered cyclic amide) rings is 1. The van der Waals surface area contributed by atoms with E-state index < -0.39 is 121 Å². The van der Waals surface area contributed by atoms with Crippen LogP contribution in [0.1, 0.15) is 19.7 Å². The summed E-state index contributed by atoms with van der Waals surface area (Å²) >= 11 is 1.85. The highest BCUT2D eigenvalue weighted by atomic mass is 32.2. The molecule has 4 amide bonds. The Bertz CT molecular complexity index is 2260. The van der Waals surface area contributed by atoms with Crippen LogP contribution in [0, 0.1) is 0 Å². The van der Waals surface area contributed by atoms with Crippen molar-refractivity contribution in [2.24, 2.45) is 17.2 Å². The molecule has 5 rings (SSSR count). The number of aliphatic hydroxyl groups excluding tert-OH is 8. The molecule has 30 nitrogen and oxygen atoms in total. The van der Waals surface area contributed by atoms with Crippen molar-refractivity contribution >= 4 is 81.6 Å². The second kappa shape index (κ2) is 22.0. The van der Waals surface area contributed by atoms with Crippen molar-refractivity contribution in [3.63, 3.8) is 0 Å². The van der Waals surface area contributed by atoms with Gasteiger partial charge in [0, 0.05) is 35.6 Å². The van der Waals surface area contributed by atoms with E-state index in [1.54, 1.807) is 0 Å². The number of ether oxygens (including phenoxy) is 2. The molecule has 17 N–H and O–H groups in total. The number of oxime groups is 1. The molecule has 2 aromatic heterocycles. The molecule has 0 aliphatic carbocycles. The lowest BCUT2D eigenvalue weighted by atomic mass is 9.98. The second-order valence-corrected chi connectivity index (χ2v) is 17.3. The molecule has 0 radical (unpaired) electrons. The molecule has 2 saturated heterocycles. The predicted octanol–water partition coefficient (Wildman–Crippen LogP) is -7.20. The Morgan fingerprint density at radius 2 is 1.82 bits per heavy atom. The van der Waals surface area contributed by atoms with E-state index in [0.717, 1.165) is 22.9 Å². The molecular weight excluding hydrogens is 941 g/mol. The minimum absolute atomic E-state index is 0.0435. The van der Waals surface area contributed by atoms with Crippen molar-refractivity contribution < 1.29 is 94.0 Å². The van der Waals surface area contributed by atoms with Gasteiger partial charge in [0.05, 0.1) is 26.8 Å². The molecule has 32 heteroatoms. The maximum atomic E-state index is 13.5. The number of fused-ring (bicyclic) bond motifs is 1. The number of aliphatic imine (C=N–C) groups is 1. The summed E-state index contributed by atoms with van der Waals surface area (Å²) < 4.78 is 17.4. The Kier molecular flexibility index (Phi) is 17.2. The third kappa shape index (κ3) is 11.7. The standard InChI is InChI=1S/C35H50N12O18S2/c1-35(2,32(60)61)65-43-17(26-42-33(37)67-44-26)27(56)41-18-28(57)47-19(30(58)59)12(11-66-29(18)47)7-46-8-13(25(36)45(46)3)40-34(62)39-5-4-38-6-14(50)20(52)24(15(51)9-48)64-31-23(55)22(54)21(53)16(10-49)63-31/h6,8,14-16,18,20-24,29,31,36,48-55H,4-5,7,9-11H2,1-3H3,(H7,37,39,40,41,42,44,56,58,59,60,61,62)/p+1/b38-6?,43-17-/t14?,15?,16?,18-,20?,21?,22?,23?,24?,29-,31?/m1/s1. The van der Waals surface area contributed by atoms with E-state index in [4.69, 9.17) is 25.8 Å². The Balaban J connectivity index is 1.17. The van der Waals surface area contributed by atoms with Crippen LogP contribution in [0.5, 0.6) is 0 Å². The van der Waals surface area contributed by atoms with Gasteiger partial charge >= 0.3 is 18.0 Å². The molecule has 0 spiro atoms. The first-order valence-electron chi connectivity index (χ1n) is 19.8. The van der Waals surface area contributed by atoms with Crippen LogP contribution in [0.25, 0.3) is 0 Å². The topological polar surface area (TPSA) is 466 Å². The lowest BCUT2D eigenvalue weighted by molar-refractivity contribution is -0.765. The number of amides is 4. The van der Waals surface area contributed by atoms with Gasteiger partial charge < -0.3 is 87.5 Å². The molecule has 0 bridgehead atoms. The lowest BCUT2D eigenvalue weighted by Gasteiger charge is -2.49. The van der Waals surface area contributed by atoms with Crippen LogP contribution in [0.2, 0.25) is 0 Å². The summed E-state index contributed by atoms with van der Waals surface area (Å²) in [5.41, 5.74) is 9.44. The minimum Gasteiger partial charge on any atom is -0.478 e. The van der Waals surface area contributed by atoms with Gasteiger partial charge in [0.15, 0.2) is 29.5 Å². The lowest BCUT2D eigenvalue weighted by Crippen LogP contribution is -2.71. The predicted molar refractivity (Wildman–Crippen MR) is 227 cm³/mol.